The SMILES string of the molecule is CNc1ccccc1S(=O)(=O)C1C=C(Cl)C=CC1(OC)OC. The maximum Gasteiger partial charge on any atom is 0.208 e. The van der Waals surface area contributed by atoms with Crippen molar-refractivity contribution in [2.24, 2.45) is 0 Å². The van der Waals surface area contributed by atoms with Crippen molar-refractivity contribution in [1.82, 2.24) is 0 Å². The largest absolute Gasteiger partial charge is 0.387 e. The lowest BCUT2D eigenvalue weighted by Gasteiger charge is -2.35. The summed E-state index contributed by atoms with van der Waals surface area (Å²) in [6.45, 7) is 0. The molecule has 1 aromatic rings. The molecule has 0 aromatic heterocycles. The van der Waals surface area contributed by atoms with Crippen LogP contribution in [-0.2, 0) is 19.3 Å². The highest BCUT2D eigenvalue weighted by Gasteiger charge is 2.47. The first-order chi connectivity index (χ1) is 10.4. The van der Waals surface area contributed by atoms with E-state index in [4.69, 9.17) is 21.1 Å². The molecular formula is C15H18ClNO4S. The molecule has 0 bridgehead atoms. The Labute approximate surface area is 135 Å². The van der Waals surface area contributed by atoms with E-state index in [1.165, 1.54) is 32.4 Å². The van der Waals surface area contributed by atoms with Crippen LogP contribution in [0.5, 0.6) is 0 Å². The van der Waals surface area contributed by atoms with Gasteiger partial charge in [-0.25, -0.2) is 8.42 Å². The Hall–Kier alpha value is -1.34. The molecule has 1 aromatic carbocycles. The first kappa shape index (κ1) is 17.0. The Morgan fingerprint density at radius 3 is 2.45 bits per heavy atom. The van der Waals surface area contributed by atoms with Gasteiger partial charge in [-0.1, -0.05) is 23.7 Å². The first-order valence-corrected chi connectivity index (χ1v) is 8.51. The lowest BCUT2D eigenvalue weighted by Crippen LogP contribution is -2.48. The third-order valence-corrected chi connectivity index (χ3v) is 5.97. The zero-order valence-electron chi connectivity index (χ0n) is 12.5. The van der Waals surface area contributed by atoms with Crippen molar-refractivity contribution in [3.05, 3.63) is 47.5 Å². The lowest BCUT2D eigenvalue weighted by atomic mass is 10.1. The van der Waals surface area contributed by atoms with Crippen LogP contribution in [0, 0.1) is 0 Å². The monoisotopic (exact) mass is 343 g/mol. The number of methoxy groups -OCH3 is 2. The summed E-state index contributed by atoms with van der Waals surface area (Å²) in [5.74, 6) is -1.42. The van der Waals surface area contributed by atoms with Crippen LogP contribution in [0.15, 0.2) is 52.4 Å². The Morgan fingerprint density at radius 2 is 1.86 bits per heavy atom. The van der Waals surface area contributed by atoms with Crippen LogP contribution in [0.4, 0.5) is 5.69 Å². The van der Waals surface area contributed by atoms with E-state index in [-0.39, 0.29) is 4.90 Å². The topological polar surface area (TPSA) is 64.6 Å². The normalized spacial score (nSPS) is 20.5. The van der Waals surface area contributed by atoms with Gasteiger partial charge in [-0.2, -0.15) is 0 Å². The number of para-hydroxylation sites is 1. The molecule has 0 aliphatic heterocycles. The molecule has 1 unspecified atom stereocenters. The quantitative estimate of drug-likeness (QED) is 0.832. The van der Waals surface area contributed by atoms with Crippen LogP contribution in [0.3, 0.4) is 0 Å². The maximum absolute atomic E-state index is 13.1. The Kier molecular flexibility index (Phi) is 4.97. The molecule has 0 heterocycles. The van der Waals surface area contributed by atoms with Crippen LogP contribution >= 0.6 is 11.6 Å². The minimum atomic E-state index is -3.79. The Balaban J connectivity index is 2.62. The minimum absolute atomic E-state index is 0.164. The summed E-state index contributed by atoms with van der Waals surface area (Å²) >= 11 is 6.00. The molecule has 1 aliphatic carbocycles. The third kappa shape index (κ3) is 2.79. The summed E-state index contributed by atoms with van der Waals surface area (Å²) in [6.07, 6.45) is 4.50. The highest BCUT2D eigenvalue weighted by atomic mass is 35.5. The molecule has 7 heteroatoms. The maximum atomic E-state index is 13.1. The van der Waals surface area contributed by atoms with Crippen molar-refractivity contribution in [3.63, 3.8) is 0 Å². The second-order valence-corrected chi connectivity index (χ2v) is 7.20. The van der Waals surface area contributed by atoms with Crippen LogP contribution in [0.1, 0.15) is 0 Å². The lowest BCUT2D eigenvalue weighted by molar-refractivity contribution is -0.165. The van der Waals surface area contributed by atoms with Crippen molar-refractivity contribution in [2.75, 3.05) is 26.6 Å². The van der Waals surface area contributed by atoms with Gasteiger partial charge in [0.05, 0.1) is 10.6 Å². The van der Waals surface area contributed by atoms with E-state index >= 15 is 0 Å². The van der Waals surface area contributed by atoms with Gasteiger partial charge in [0, 0.05) is 26.3 Å². The molecule has 0 saturated carbocycles. The van der Waals surface area contributed by atoms with Crippen molar-refractivity contribution in [3.8, 4) is 0 Å². The highest BCUT2D eigenvalue weighted by Crippen LogP contribution is 2.36. The first-order valence-electron chi connectivity index (χ1n) is 6.59. The molecule has 0 amide bonds. The van der Waals surface area contributed by atoms with Gasteiger partial charge in [-0.05, 0) is 30.4 Å². The number of nitrogens with one attached hydrogen (secondary N) is 1. The average molecular weight is 344 g/mol. The van der Waals surface area contributed by atoms with Gasteiger partial charge >= 0.3 is 0 Å². The van der Waals surface area contributed by atoms with Gasteiger partial charge in [0.1, 0.15) is 5.25 Å². The number of halogens is 1. The smallest absolute Gasteiger partial charge is 0.208 e. The minimum Gasteiger partial charge on any atom is -0.387 e. The second kappa shape index (κ2) is 6.42. The molecule has 120 valence electrons. The molecule has 0 fully saturated rings. The number of allylic oxidation sites excluding steroid dienone is 2. The van der Waals surface area contributed by atoms with Gasteiger partial charge in [0.25, 0.3) is 0 Å². The fourth-order valence-corrected chi connectivity index (χ4v) is 4.73. The summed E-state index contributed by atoms with van der Waals surface area (Å²) in [7, 11) is 0.663. The van der Waals surface area contributed by atoms with Crippen molar-refractivity contribution < 1.29 is 17.9 Å². The van der Waals surface area contributed by atoms with E-state index in [9.17, 15) is 8.42 Å². The summed E-state index contributed by atoms with van der Waals surface area (Å²) in [4.78, 5) is 0.164. The van der Waals surface area contributed by atoms with Gasteiger partial charge in [0.15, 0.2) is 9.84 Å². The predicted molar refractivity (Wildman–Crippen MR) is 86.8 cm³/mol. The van der Waals surface area contributed by atoms with E-state index in [1.807, 2.05) is 0 Å². The molecule has 1 aliphatic rings. The zero-order valence-corrected chi connectivity index (χ0v) is 14.1. The van der Waals surface area contributed by atoms with Gasteiger partial charge in [0.2, 0.25) is 5.79 Å². The molecule has 2 rings (SSSR count). The molecule has 22 heavy (non-hydrogen) atoms. The van der Waals surface area contributed by atoms with Crippen LogP contribution < -0.4 is 5.32 Å². The number of anilines is 1. The van der Waals surface area contributed by atoms with E-state index < -0.39 is 20.9 Å². The van der Waals surface area contributed by atoms with Crippen molar-refractivity contribution in [2.45, 2.75) is 15.9 Å². The molecular weight excluding hydrogens is 326 g/mol. The van der Waals surface area contributed by atoms with Crippen LogP contribution in [0.25, 0.3) is 0 Å². The summed E-state index contributed by atoms with van der Waals surface area (Å²) in [5.41, 5.74) is 0.502. The third-order valence-electron chi connectivity index (χ3n) is 3.62. The van der Waals surface area contributed by atoms with Gasteiger partial charge in [-0.3, -0.25) is 0 Å². The van der Waals surface area contributed by atoms with E-state index in [0.717, 1.165) is 0 Å². The van der Waals surface area contributed by atoms with Gasteiger partial charge < -0.3 is 14.8 Å². The van der Waals surface area contributed by atoms with Crippen LogP contribution in [-0.4, -0.2) is 40.7 Å². The van der Waals surface area contributed by atoms with Crippen molar-refractivity contribution >= 4 is 27.1 Å². The number of ether oxygens (including phenoxy) is 2. The number of benzene rings is 1. The van der Waals surface area contributed by atoms with Crippen LogP contribution in [0.2, 0.25) is 0 Å². The average Bonchev–Trinajstić information content (AvgIpc) is 2.55. The summed E-state index contributed by atoms with van der Waals surface area (Å²) < 4.78 is 36.9. The fraction of sp³-hybridized carbons (Fsp3) is 0.333. The summed E-state index contributed by atoms with van der Waals surface area (Å²) in [6, 6.07) is 6.66. The van der Waals surface area contributed by atoms with Crippen molar-refractivity contribution in [1.29, 1.82) is 0 Å². The fourth-order valence-electron chi connectivity index (χ4n) is 2.42. The highest BCUT2D eigenvalue weighted by molar-refractivity contribution is 7.92. The second-order valence-electron chi connectivity index (χ2n) is 4.73. The standard InChI is InChI=1S/C15H18ClNO4S/c1-17-12-6-4-5-7-13(12)22(18,19)14-10-11(16)8-9-15(14,20-2)21-3/h4-10,14,17H,1-3H3. The molecule has 0 spiro atoms. The van der Waals surface area contributed by atoms with Gasteiger partial charge in [-0.15, -0.1) is 0 Å². The number of sulfone groups is 1. The predicted octanol–water partition coefficient (Wildman–Crippen LogP) is 2.55. The Bertz CT molecular complexity index is 708. The number of rotatable bonds is 5. The number of hydrogen-bond donors (Lipinski definition) is 1. The molecule has 5 nitrogen and oxygen atoms in total. The molecule has 0 saturated heterocycles. The Morgan fingerprint density at radius 1 is 1.23 bits per heavy atom. The van der Waals surface area contributed by atoms with E-state index in [2.05, 4.69) is 5.32 Å². The zero-order chi connectivity index (χ0) is 16.4. The molecule has 1 N–H and O–H groups in total. The summed E-state index contributed by atoms with van der Waals surface area (Å²) in [5, 5.41) is 2.11. The number of hydrogen-bond acceptors (Lipinski definition) is 5. The van der Waals surface area contributed by atoms with E-state index in [1.54, 1.807) is 31.3 Å². The molecule has 0 radical (unpaired) electrons. The van der Waals surface area contributed by atoms with E-state index in [0.29, 0.717) is 10.7 Å². The molecule has 1 atom stereocenters.